The fourth-order valence-electron chi connectivity index (χ4n) is 2.35. The molecule has 1 aromatic rings. The van der Waals surface area contributed by atoms with Crippen molar-refractivity contribution in [3.63, 3.8) is 0 Å². The zero-order valence-electron chi connectivity index (χ0n) is 12.8. The summed E-state index contributed by atoms with van der Waals surface area (Å²) in [6.07, 6.45) is -8.04. The van der Waals surface area contributed by atoms with Crippen molar-refractivity contribution in [1.29, 1.82) is 0 Å². The van der Waals surface area contributed by atoms with E-state index in [-0.39, 0.29) is 18.0 Å². The Morgan fingerprint density at radius 2 is 2.00 bits per heavy atom. The van der Waals surface area contributed by atoms with Crippen LogP contribution in [0.2, 0.25) is 5.02 Å². The Morgan fingerprint density at radius 3 is 2.46 bits per heavy atom. The van der Waals surface area contributed by atoms with E-state index in [1.165, 1.54) is 4.68 Å². The minimum atomic E-state index is -3.44. The molecule has 0 aliphatic carbocycles. The fourth-order valence-corrected chi connectivity index (χ4v) is 2.49. The maximum absolute atomic E-state index is 13.1. The molecule has 2 rings (SSSR count). The van der Waals surface area contributed by atoms with Gasteiger partial charge in [0.05, 0.1) is 23.0 Å². The molecular formula is C13H15ClF4N4O2. The molecule has 1 aliphatic rings. The Balaban J connectivity index is 2.15. The Bertz CT molecular complexity index is 679. The van der Waals surface area contributed by atoms with Crippen LogP contribution in [0, 0.1) is 13.8 Å². The summed E-state index contributed by atoms with van der Waals surface area (Å²) < 4.78 is 52.9. The molecule has 2 heterocycles. The topological polar surface area (TPSA) is 70.7 Å². The van der Waals surface area contributed by atoms with Gasteiger partial charge >= 0.3 is 0 Å². The molecule has 0 saturated carbocycles. The van der Waals surface area contributed by atoms with E-state index < -0.39 is 36.6 Å². The Labute approximate surface area is 139 Å². The molecule has 24 heavy (non-hydrogen) atoms. The monoisotopic (exact) mass is 370 g/mol. The van der Waals surface area contributed by atoms with Gasteiger partial charge in [0, 0.05) is 12.8 Å². The molecule has 0 radical (unpaired) electrons. The minimum absolute atomic E-state index is 0.0203. The van der Waals surface area contributed by atoms with E-state index in [4.69, 9.17) is 11.6 Å². The number of rotatable bonds is 5. The van der Waals surface area contributed by atoms with E-state index in [1.54, 1.807) is 13.8 Å². The number of carbonyl (C=O) groups is 1. The molecule has 0 bridgehead atoms. The number of alkyl halides is 4. The maximum atomic E-state index is 13.1. The van der Waals surface area contributed by atoms with Crippen LogP contribution in [0.4, 0.5) is 17.6 Å². The predicted molar refractivity (Wildman–Crippen MR) is 77.2 cm³/mol. The summed E-state index contributed by atoms with van der Waals surface area (Å²) in [5.74, 6) is -1.02. The molecule has 0 aromatic carbocycles. The summed E-state index contributed by atoms with van der Waals surface area (Å²) in [6, 6.07) is 0. The van der Waals surface area contributed by atoms with Crippen LogP contribution >= 0.6 is 11.6 Å². The number of hydrazone groups is 1. The van der Waals surface area contributed by atoms with Crippen molar-refractivity contribution in [3.05, 3.63) is 16.4 Å². The average molecular weight is 371 g/mol. The molecule has 1 aliphatic heterocycles. The molecule has 11 heteroatoms. The van der Waals surface area contributed by atoms with E-state index in [0.29, 0.717) is 16.4 Å². The normalized spacial score (nSPS) is 21.1. The lowest BCUT2D eigenvalue weighted by atomic mass is 10.1. The van der Waals surface area contributed by atoms with Crippen LogP contribution < -0.4 is 0 Å². The van der Waals surface area contributed by atoms with Crippen LogP contribution in [0.15, 0.2) is 5.10 Å². The van der Waals surface area contributed by atoms with Gasteiger partial charge in [0.25, 0.3) is 12.9 Å². The van der Waals surface area contributed by atoms with Crippen LogP contribution in [0.5, 0.6) is 0 Å². The molecule has 0 fully saturated rings. The highest BCUT2D eigenvalue weighted by atomic mass is 35.5. The van der Waals surface area contributed by atoms with Gasteiger partial charge in [0.1, 0.15) is 5.71 Å². The van der Waals surface area contributed by atoms with Crippen LogP contribution in [-0.2, 0) is 11.3 Å². The van der Waals surface area contributed by atoms with Gasteiger partial charge in [-0.1, -0.05) is 11.6 Å². The van der Waals surface area contributed by atoms with E-state index in [0.717, 1.165) is 0 Å². The lowest BCUT2D eigenvalue weighted by Gasteiger charge is -2.30. The maximum Gasteiger partial charge on any atom is 0.287 e. The first-order valence-electron chi connectivity index (χ1n) is 6.96. The Kier molecular flexibility index (Phi) is 5.19. The first kappa shape index (κ1) is 18.7. The predicted octanol–water partition coefficient (Wildman–Crippen LogP) is 2.35. The summed E-state index contributed by atoms with van der Waals surface area (Å²) in [4.78, 5) is 12.1. The first-order valence-corrected chi connectivity index (χ1v) is 7.34. The van der Waals surface area contributed by atoms with Gasteiger partial charge in [-0.3, -0.25) is 9.48 Å². The van der Waals surface area contributed by atoms with Crippen molar-refractivity contribution in [2.45, 2.75) is 51.8 Å². The standard InChI is InChI=1S/C13H15ClF4N4O2/c1-6-10(14)7(2)21(19-6)4-3-9(23)22-13(24,12(17)18)5-8(20-22)11(15)16/h11-12,24H,3-5H2,1-2H3/t13-/m0/s1. The molecule has 6 nitrogen and oxygen atoms in total. The Morgan fingerprint density at radius 1 is 1.38 bits per heavy atom. The highest BCUT2D eigenvalue weighted by Crippen LogP contribution is 2.33. The van der Waals surface area contributed by atoms with Crippen molar-refractivity contribution in [3.8, 4) is 0 Å². The van der Waals surface area contributed by atoms with Gasteiger partial charge in [-0.2, -0.15) is 15.2 Å². The number of halogens is 5. The van der Waals surface area contributed by atoms with Crippen molar-refractivity contribution in [2.75, 3.05) is 0 Å². The van der Waals surface area contributed by atoms with E-state index in [9.17, 15) is 27.5 Å². The third-order valence-corrected chi connectivity index (χ3v) is 4.25. The smallest absolute Gasteiger partial charge is 0.287 e. The second-order valence-electron chi connectivity index (χ2n) is 5.41. The van der Waals surface area contributed by atoms with Gasteiger partial charge in [0.2, 0.25) is 11.6 Å². The van der Waals surface area contributed by atoms with Crippen LogP contribution in [0.3, 0.4) is 0 Å². The number of aryl methyl sites for hydroxylation is 2. The number of carbonyl (C=O) groups excluding carboxylic acids is 1. The van der Waals surface area contributed by atoms with Crippen LogP contribution in [-0.4, -0.2) is 50.1 Å². The van der Waals surface area contributed by atoms with Crippen molar-refractivity contribution in [2.24, 2.45) is 5.10 Å². The molecule has 134 valence electrons. The van der Waals surface area contributed by atoms with Gasteiger partial charge in [0.15, 0.2) is 0 Å². The van der Waals surface area contributed by atoms with Crippen molar-refractivity contribution >= 4 is 23.2 Å². The number of hydrogen-bond acceptors (Lipinski definition) is 4. The number of aromatic nitrogens is 2. The van der Waals surface area contributed by atoms with Crippen molar-refractivity contribution < 1.29 is 27.5 Å². The van der Waals surface area contributed by atoms with Crippen LogP contribution in [0.25, 0.3) is 0 Å². The summed E-state index contributed by atoms with van der Waals surface area (Å²) in [6.45, 7) is 3.29. The van der Waals surface area contributed by atoms with Crippen LogP contribution in [0.1, 0.15) is 24.2 Å². The minimum Gasteiger partial charge on any atom is -0.364 e. The first-order chi connectivity index (χ1) is 11.1. The van der Waals surface area contributed by atoms with Gasteiger partial charge in [-0.15, -0.1) is 0 Å². The van der Waals surface area contributed by atoms with E-state index in [1.807, 2.05) is 0 Å². The second kappa shape index (κ2) is 6.67. The largest absolute Gasteiger partial charge is 0.364 e. The summed E-state index contributed by atoms with van der Waals surface area (Å²) in [5, 5.41) is 17.6. The third kappa shape index (κ3) is 3.25. The lowest BCUT2D eigenvalue weighted by Crippen LogP contribution is -2.51. The molecule has 1 atom stereocenters. The average Bonchev–Trinajstić information content (AvgIpc) is 2.99. The summed E-state index contributed by atoms with van der Waals surface area (Å²) in [7, 11) is 0. The fraction of sp³-hybridized carbons (Fsp3) is 0.615. The van der Waals surface area contributed by atoms with E-state index in [2.05, 4.69) is 10.2 Å². The molecule has 0 spiro atoms. The van der Waals surface area contributed by atoms with Gasteiger partial charge in [-0.25, -0.2) is 17.6 Å². The Hall–Kier alpha value is -1.68. The van der Waals surface area contributed by atoms with E-state index >= 15 is 0 Å². The molecule has 1 N–H and O–H groups in total. The number of amides is 1. The zero-order valence-corrected chi connectivity index (χ0v) is 13.6. The number of aliphatic hydroxyl groups is 1. The number of hydrogen-bond donors (Lipinski definition) is 1. The molecular weight excluding hydrogens is 356 g/mol. The lowest BCUT2D eigenvalue weighted by molar-refractivity contribution is -0.192. The van der Waals surface area contributed by atoms with Crippen molar-refractivity contribution in [1.82, 2.24) is 14.8 Å². The second-order valence-corrected chi connectivity index (χ2v) is 5.79. The zero-order chi connectivity index (χ0) is 18.2. The quantitative estimate of drug-likeness (QED) is 0.809. The summed E-state index contributed by atoms with van der Waals surface area (Å²) in [5.41, 5.74) is -2.91. The van der Waals surface area contributed by atoms with Gasteiger partial charge in [-0.05, 0) is 13.8 Å². The SMILES string of the molecule is Cc1nn(CCC(=O)N2N=C(C(F)F)C[C@]2(O)C(F)F)c(C)c1Cl. The number of nitrogens with zero attached hydrogens (tertiary/aromatic N) is 4. The summed E-state index contributed by atoms with van der Waals surface area (Å²) >= 11 is 5.96. The highest BCUT2D eigenvalue weighted by molar-refractivity contribution is 6.31. The highest BCUT2D eigenvalue weighted by Gasteiger charge is 2.53. The van der Waals surface area contributed by atoms with Gasteiger partial charge < -0.3 is 5.11 Å². The molecule has 0 unspecified atom stereocenters. The third-order valence-electron chi connectivity index (χ3n) is 3.70. The molecule has 1 amide bonds. The molecule has 1 aromatic heterocycles. The molecule has 0 saturated heterocycles.